The summed E-state index contributed by atoms with van der Waals surface area (Å²) in [6, 6.07) is 4.50. The lowest BCUT2D eigenvalue weighted by molar-refractivity contribution is -0.384. The smallest absolute Gasteiger partial charge is 0.308 e. The number of hydrogen-bond acceptors (Lipinski definition) is 7. The van der Waals surface area contributed by atoms with E-state index in [1.807, 2.05) is 0 Å². The second kappa shape index (κ2) is 11.9. The van der Waals surface area contributed by atoms with Crippen molar-refractivity contribution in [2.24, 2.45) is 5.92 Å². The van der Waals surface area contributed by atoms with Gasteiger partial charge in [0, 0.05) is 31.4 Å². The van der Waals surface area contributed by atoms with Gasteiger partial charge in [-0.1, -0.05) is 0 Å². The number of carboxylic acid groups (broad SMARTS) is 1. The van der Waals surface area contributed by atoms with Gasteiger partial charge in [0.15, 0.2) is 0 Å². The van der Waals surface area contributed by atoms with Crippen molar-refractivity contribution in [3.63, 3.8) is 0 Å². The van der Waals surface area contributed by atoms with E-state index in [0.717, 1.165) is 0 Å². The molecule has 0 unspecified atom stereocenters. The summed E-state index contributed by atoms with van der Waals surface area (Å²) >= 11 is 0. The summed E-state index contributed by atoms with van der Waals surface area (Å²) in [6.07, 6.45) is 0.0913. The molecule has 27 heavy (non-hydrogen) atoms. The molecule has 0 aromatic heterocycles. The van der Waals surface area contributed by atoms with Crippen molar-refractivity contribution in [2.75, 3.05) is 33.7 Å². The van der Waals surface area contributed by atoms with Crippen molar-refractivity contribution in [2.45, 2.75) is 19.4 Å². The Kier molecular flexibility index (Phi) is 9.94. The van der Waals surface area contributed by atoms with E-state index in [9.17, 15) is 24.8 Å². The number of rotatable bonds is 13. The number of nitrogens with one attached hydrogen (secondary N) is 1. The first-order valence-electron chi connectivity index (χ1n) is 8.31. The highest BCUT2D eigenvalue weighted by atomic mass is 16.7. The van der Waals surface area contributed by atoms with Crippen LogP contribution in [0.25, 0.3) is 0 Å². The van der Waals surface area contributed by atoms with Crippen molar-refractivity contribution >= 4 is 17.6 Å². The Hall–Kier alpha value is -2.56. The summed E-state index contributed by atoms with van der Waals surface area (Å²) < 4.78 is 15.3. The van der Waals surface area contributed by atoms with Crippen molar-refractivity contribution < 1.29 is 33.8 Å². The van der Waals surface area contributed by atoms with Gasteiger partial charge in [-0.05, 0) is 25.5 Å². The van der Waals surface area contributed by atoms with Crippen LogP contribution in [0.3, 0.4) is 0 Å². The number of benzene rings is 1. The highest BCUT2D eigenvalue weighted by Crippen LogP contribution is 2.13. The maximum absolute atomic E-state index is 12.4. The molecule has 0 radical (unpaired) electrons. The van der Waals surface area contributed by atoms with Crippen LogP contribution in [0, 0.1) is 16.0 Å². The number of nitrogens with zero attached hydrogens (tertiary/aromatic N) is 1. The standard InChI is InChI=1S/C17H24N2O8/c1-3-26-11-27-10-14(8-13(9-25-2)17(21)22)18-16(20)12-4-6-15(7-5-12)19(23)24/h4-7,13-14H,3,8-11H2,1-2H3,(H,18,20)(H,21,22)/t13-,14+/m0/s1. The Labute approximate surface area is 156 Å². The Morgan fingerprint density at radius 1 is 1.22 bits per heavy atom. The quantitative estimate of drug-likeness (QED) is 0.226. The molecule has 0 bridgehead atoms. The van der Waals surface area contributed by atoms with Gasteiger partial charge in [0.25, 0.3) is 11.6 Å². The van der Waals surface area contributed by atoms with E-state index >= 15 is 0 Å². The number of methoxy groups -OCH3 is 1. The third-order valence-electron chi connectivity index (χ3n) is 3.65. The van der Waals surface area contributed by atoms with Crippen LogP contribution in [0.2, 0.25) is 0 Å². The van der Waals surface area contributed by atoms with E-state index in [2.05, 4.69) is 5.32 Å². The largest absolute Gasteiger partial charge is 0.481 e. The molecule has 1 amide bonds. The Balaban J connectivity index is 2.79. The topological polar surface area (TPSA) is 137 Å². The van der Waals surface area contributed by atoms with E-state index in [-0.39, 0.29) is 37.7 Å². The van der Waals surface area contributed by atoms with E-state index in [4.69, 9.17) is 14.2 Å². The SMILES string of the molecule is CCOCOC[C@@H](C[C@@H](COC)C(=O)O)NC(=O)c1ccc([N+](=O)[O-])cc1. The van der Waals surface area contributed by atoms with Crippen LogP contribution < -0.4 is 5.32 Å². The number of non-ortho nitro benzene ring substituents is 1. The van der Waals surface area contributed by atoms with Crippen LogP contribution in [0.15, 0.2) is 24.3 Å². The molecule has 0 spiro atoms. The predicted molar refractivity (Wildman–Crippen MR) is 94.4 cm³/mol. The van der Waals surface area contributed by atoms with Gasteiger partial charge in [-0.25, -0.2) is 0 Å². The lowest BCUT2D eigenvalue weighted by Crippen LogP contribution is -2.41. The zero-order valence-corrected chi connectivity index (χ0v) is 15.3. The third-order valence-corrected chi connectivity index (χ3v) is 3.65. The van der Waals surface area contributed by atoms with Gasteiger partial charge in [-0.3, -0.25) is 19.7 Å². The zero-order chi connectivity index (χ0) is 20.2. The minimum absolute atomic E-state index is 0.00923. The van der Waals surface area contributed by atoms with Crippen LogP contribution in [0.5, 0.6) is 0 Å². The van der Waals surface area contributed by atoms with Crippen molar-refractivity contribution in [3.8, 4) is 0 Å². The Morgan fingerprint density at radius 2 is 1.89 bits per heavy atom. The molecule has 1 aromatic carbocycles. The number of ether oxygens (including phenoxy) is 3. The molecule has 0 aliphatic heterocycles. The molecule has 0 aliphatic carbocycles. The molecule has 0 fully saturated rings. The van der Waals surface area contributed by atoms with Crippen LogP contribution in [0.1, 0.15) is 23.7 Å². The number of amides is 1. The van der Waals surface area contributed by atoms with Gasteiger partial charge < -0.3 is 24.6 Å². The summed E-state index contributed by atoms with van der Waals surface area (Å²) in [5.41, 5.74) is 0.0863. The molecule has 10 nitrogen and oxygen atoms in total. The van der Waals surface area contributed by atoms with E-state index < -0.39 is 28.8 Å². The summed E-state index contributed by atoms with van der Waals surface area (Å²) in [6.45, 7) is 2.32. The van der Waals surface area contributed by atoms with Crippen molar-refractivity contribution in [3.05, 3.63) is 39.9 Å². The Bertz CT molecular complexity index is 620. The minimum atomic E-state index is -1.05. The number of carbonyl (C=O) groups excluding carboxylic acids is 1. The minimum Gasteiger partial charge on any atom is -0.481 e. The fourth-order valence-electron chi connectivity index (χ4n) is 2.29. The molecule has 0 saturated heterocycles. The van der Waals surface area contributed by atoms with Gasteiger partial charge in [0.2, 0.25) is 0 Å². The summed E-state index contributed by atoms with van der Waals surface area (Å²) in [4.78, 5) is 33.9. The van der Waals surface area contributed by atoms with Crippen LogP contribution in [0.4, 0.5) is 5.69 Å². The van der Waals surface area contributed by atoms with Crippen LogP contribution in [-0.4, -0.2) is 61.7 Å². The molecule has 150 valence electrons. The van der Waals surface area contributed by atoms with Gasteiger partial charge >= 0.3 is 5.97 Å². The summed E-state index contributed by atoms with van der Waals surface area (Å²) in [5, 5.41) is 22.7. The zero-order valence-electron chi connectivity index (χ0n) is 15.3. The number of hydrogen-bond donors (Lipinski definition) is 2. The maximum atomic E-state index is 12.4. The molecule has 0 heterocycles. The van der Waals surface area contributed by atoms with Crippen molar-refractivity contribution in [1.82, 2.24) is 5.32 Å². The molecule has 2 N–H and O–H groups in total. The van der Waals surface area contributed by atoms with E-state index in [1.54, 1.807) is 6.92 Å². The third kappa shape index (κ3) is 8.11. The molecule has 0 aliphatic rings. The van der Waals surface area contributed by atoms with Crippen molar-refractivity contribution in [1.29, 1.82) is 0 Å². The summed E-state index contributed by atoms with van der Waals surface area (Å²) in [7, 11) is 1.39. The maximum Gasteiger partial charge on any atom is 0.308 e. The first-order valence-corrected chi connectivity index (χ1v) is 8.31. The molecule has 1 rings (SSSR count). The summed E-state index contributed by atoms with van der Waals surface area (Å²) in [5.74, 6) is -2.36. The highest BCUT2D eigenvalue weighted by Gasteiger charge is 2.24. The monoisotopic (exact) mass is 384 g/mol. The predicted octanol–water partition coefficient (Wildman–Crippen LogP) is 1.44. The Morgan fingerprint density at radius 3 is 2.41 bits per heavy atom. The molecular formula is C17H24N2O8. The second-order valence-corrected chi connectivity index (χ2v) is 5.68. The van der Waals surface area contributed by atoms with Gasteiger partial charge in [-0.15, -0.1) is 0 Å². The van der Waals surface area contributed by atoms with Crippen LogP contribution in [-0.2, 0) is 19.0 Å². The lowest BCUT2D eigenvalue weighted by atomic mass is 10.0. The van der Waals surface area contributed by atoms with Gasteiger partial charge in [0.1, 0.15) is 6.79 Å². The number of nitro benzene ring substituents is 1. The molecule has 0 saturated carbocycles. The number of nitro groups is 1. The van der Waals surface area contributed by atoms with Crippen LogP contribution >= 0.6 is 0 Å². The normalized spacial score (nSPS) is 13.0. The first kappa shape index (κ1) is 22.5. The fourth-order valence-corrected chi connectivity index (χ4v) is 2.29. The second-order valence-electron chi connectivity index (χ2n) is 5.68. The van der Waals surface area contributed by atoms with E-state index in [0.29, 0.717) is 6.61 Å². The fraction of sp³-hybridized carbons (Fsp3) is 0.529. The molecule has 1 aromatic rings. The van der Waals surface area contributed by atoms with E-state index in [1.165, 1.54) is 31.4 Å². The lowest BCUT2D eigenvalue weighted by Gasteiger charge is -2.22. The average molecular weight is 384 g/mol. The molecule has 10 heteroatoms. The van der Waals surface area contributed by atoms with Gasteiger partial charge in [0.05, 0.1) is 30.1 Å². The number of carboxylic acids is 1. The molecular weight excluding hydrogens is 360 g/mol. The average Bonchev–Trinajstić information content (AvgIpc) is 2.64. The van der Waals surface area contributed by atoms with Gasteiger partial charge in [-0.2, -0.15) is 0 Å². The molecule has 2 atom stereocenters. The highest BCUT2D eigenvalue weighted by molar-refractivity contribution is 5.94. The number of carbonyl (C=O) groups is 2. The first-order chi connectivity index (χ1) is 12.9. The number of aliphatic carboxylic acids is 1.